The van der Waals surface area contributed by atoms with Crippen LogP contribution in [0.15, 0.2) is 42.5 Å². The van der Waals surface area contributed by atoms with E-state index >= 15 is 0 Å². The number of carbonyl (C=O) groups excluding carboxylic acids is 1. The number of carbonyl (C=O) groups is 2. The van der Waals surface area contributed by atoms with Crippen molar-refractivity contribution < 1.29 is 14.7 Å². The van der Waals surface area contributed by atoms with Crippen LogP contribution >= 0.6 is 0 Å². The molecule has 1 amide bonds. The fraction of sp³-hybridized carbons (Fsp3) is 0.294. The second-order valence-electron chi connectivity index (χ2n) is 5.49. The van der Waals surface area contributed by atoms with Crippen molar-refractivity contribution in [3.8, 4) is 11.3 Å². The number of H-pyrrole nitrogens is 1. The largest absolute Gasteiger partial charge is 0.480 e. The number of benzene rings is 1. The second-order valence-corrected chi connectivity index (χ2v) is 5.49. The van der Waals surface area contributed by atoms with E-state index in [1.165, 1.54) is 6.92 Å². The van der Waals surface area contributed by atoms with Crippen LogP contribution in [0.3, 0.4) is 0 Å². The molecule has 1 unspecified atom stereocenters. The third-order valence-electron chi connectivity index (χ3n) is 3.63. The van der Waals surface area contributed by atoms with Gasteiger partial charge in [-0.3, -0.25) is 4.79 Å². The van der Waals surface area contributed by atoms with Gasteiger partial charge in [0.1, 0.15) is 11.2 Å². The van der Waals surface area contributed by atoms with Crippen LogP contribution in [-0.4, -0.2) is 27.5 Å². The van der Waals surface area contributed by atoms with Gasteiger partial charge >= 0.3 is 5.97 Å². The minimum Gasteiger partial charge on any atom is -0.480 e. The van der Waals surface area contributed by atoms with E-state index in [1.807, 2.05) is 43.3 Å². The first-order valence-corrected chi connectivity index (χ1v) is 7.26. The van der Waals surface area contributed by atoms with Crippen LogP contribution in [0.4, 0.5) is 0 Å². The van der Waals surface area contributed by atoms with Crippen LogP contribution in [0.25, 0.3) is 11.3 Å². The summed E-state index contributed by atoms with van der Waals surface area (Å²) in [5.74, 6) is -1.45. The third kappa shape index (κ3) is 3.36. The Hall–Kier alpha value is -2.56. The lowest BCUT2D eigenvalue weighted by Gasteiger charge is -2.25. The number of rotatable bonds is 6. The van der Waals surface area contributed by atoms with Gasteiger partial charge in [-0.2, -0.15) is 0 Å². The fourth-order valence-electron chi connectivity index (χ4n) is 2.35. The van der Waals surface area contributed by atoms with Crippen molar-refractivity contribution >= 4 is 11.9 Å². The summed E-state index contributed by atoms with van der Waals surface area (Å²) in [6.07, 6.45) is 1.05. The van der Waals surface area contributed by atoms with Gasteiger partial charge in [0, 0.05) is 5.69 Å². The predicted molar refractivity (Wildman–Crippen MR) is 84.6 cm³/mol. The molecule has 0 spiro atoms. The van der Waals surface area contributed by atoms with E-state index in [0.717, 1.165) is 11.3 Å². The highest BCUT2D eigenvalue weighted by Crippen LogP contribution is 2.19. The minimum atomic E-state index is -1.26. The van der Waals surface area contributed by atoms with E-state index in [9.17, 15) is 14.7 Å². The van der Waals surface area contributed by atoms with E-state index in [2.05, 4.69) is 10.3 Å². The first kappa shape index (κ1) is 15.8. The topological polar surface area (TPSA) is 82.2 Å². The Bertz CT molecular complexity index is 664. The molecule has 0 saturated heterocycles. The van der Waals surface area contributed by atoms with Crippen LogP contribution in [0, 0.1) is 0 Å². The van der Waals surface area contributed by atoms with Gasteiger partial charge in [0.2, 0.25) is 0 Å². The van der Waals surface area contributed by atoms with Crippen LogP contribution in [0.5, 0.6) is 0 Å². The van der Waals surface area contributed by atoms with Crippen molar-refractivity contribution in [2.75, 3.05) is 0 Å². The Balaban J connectivity index is 2.17. The summed E-state index contributed by atoms with van der Waals surface area (Å²) in [7, 11) is 0. The molecule has 3 N–H and O–H groups in total. The zero-order valence-corrected chi connectivity index (χ0v) is 12.7. The molecule has 2 rings (SSSR count). The molecule has 0 radical (unpaired) electrons. The lowest BCUT2D eigenvalue weighted by Crippen LogP contribution is -2.52. The number of hydrogen-bond donors (Lipinski definition) is 3. The molecule has 1 atom stereocenters. The van der Waals surface area contributed by atoms with E-state index < -0.39 is 17.4 Å². The molecule has 0 aliphatic heterocycles. The predicted octanol–water partition coefficient (Wildman–Crippen LogP) is 3.05. The minimum absolute atomic E-state index is 0.349. The van der Waals surface area contributed by atoms with Crippen molar-refractivity contribution in [3.05, 3.63) is 48.2 Å². The molecule has 0 bridgehead atoms. The molecule has 5 heteroatoms. The summed E-state index contributed by atoms with van der Waals surface area (Å²) in [6, 6.07) is 13.1. The first-order valence-electron chi connectivity index (χ1n) is 7.26. The van der Waals surface area contributed by atoms with Crippen molar-refractivity contribution in [3.63, 3.8) is 0 Å². The van der Waals surface area contributed by atoms with E-state index in [4.69, 9.17) is 0 Å². The quantitative estimate of drug-likeness (QED) is 0.766. The maximum Gasteiger partial charge on any atom is 0.329 e. The number of aromatic amines is 1. The first-order chi connectivity index (χ1) is 10.5. The van der Waals surface area contributed by atoms with E-state index in [-0.39, 0.29) is 0 Å². The molecular formula is C17H20N2O3. The van der Waals surface area contributed by atoms with Gasteiger partial charge in [-0.15, -0.1) is 0 Å². The molecule has 1 aromatic heterocycles. The molecular weight excluding hydrogens is 280 g/mol. The lowest BCUT2D eigenvalue weighted by atomic mass is 9.96. The van der Waals surface area contributed by atoms with Crippen molar-refractivity contribution in [1.82, 2.24) is 10.3 Å². The smallest absolute Gasteiger partial charge is 0.329 e. The molecule has 2 aromatic rings. The van der Waals surface area contributed by atoms with Crippen LogP contribution in [0.2, 0.25) is 0 Å². The summed E-state index contributed by atoms with van der Waals surface area (Å²) in [5.41, 5.74) is 0.876. The number of amides is 1. The van der Waals surface area contributed by atoms with Gasteiger partial charge in [0.15, 0.2) is 0 Å². The van der Waals surface area contributed by atoms with Crippen LogP contribution < -0.4 is 5.32 Å². The summed E-state index contributed by atoms with van der Waals surface area (Å²) in [6.45, 7) is 3.41. The Morgan fingerprint density at radius 2 is 1.86 bits per heavy atom. The molecule has 0 aliphatic carbocycles. The van der Waals surface area contributed by atoms with Crippen LogP contribution in [-0.2, 0) is 4.79 Å². The lowest BCUT2D eigenvalue weighted by molar-refractivity contribution is -0.144. The van der Waals surface area contributed by atoms with E-state index in [1.54, 1.807) is 6.07 Å². The summed E-state index contributed by atoms with van der Waals surface area (Å²) >= 11 is 0. The highest BCUT2D eigenvalue weighted by Gasteiger charge is 2.34. The molecule has 1 heterocycles. The van der Waals surface area contributed by atoms with Crippen molar-refractivity contribution in [2.45, 2.75) is 32.2 Å². The molecule has 5 nitrogen and oxygen atoms in total. The SMILES string of the molecule is CCCC(C)(NC(=O)c1ccc(-c2ccccc2)[nH]1)C(=O)O. The molecule has 116 valence electrons. The standard InChI is InChI=1S/C17H20N2O3/c1-3-11-17(2,16(21)22)19-15(20)14-10-9-13(18-14)12-7-5-4-6-8-12/h4-10,18H,3,11H2,1-2H3,(H,19,20)(H,21,22). The van der Waals surface area contributed by atoms with Gasteiger partial charge < -0.3 is 15.4 Å². The molecule has 0 aliphatic rings. The Morgan fingerprint density at radius 1 is 1.18 bits per heavy atom. The van der Waals surface area contributed by atoms with Gasteiger partial charge in [0.25, 0.3) is 5.91 Å². The summed E-state index contributed by atoms with van der Waals surface area (Å²) < 4.78 is 0. The zero-order chi connectivity index (χ0) is 16.2. The highest BCUT2D eigenvalue weighted by molar-refractivity contribution is 5.97. The number of hydrogen-bond acceptors (Lipinski definition) is 2. The zero-order valence-electron chi connectivity index (χ0n) is 12.7. The number of nitrogens with one attached hydrogen (secondary N) is 2. The molecule has 0 fully saturated rings. The fourth-order valence-corrected chi connectivity index (χ4v) is 2.35. The van der Waals surface area contributed by atoms with Crippen molar-refractivity contribution in [1.29, 1.82) is 0 Å². The number of carboxylic acids is 1. The normalized spacial score (nSPS) is 13.4. The number of aromatic nitrogens is 1. The monoisotopic (exact) mass is 300 g/mol. The third-order valence-corrected chi connectivity index (χ3v) is 3.63. The maximum absolute atomic E-state index is 12.3. The molecule has 1 aromatic carbocycles. The van der Waals surface area contributed by atoms with Gasteiger partial charge in [-0.05, 0) is 31.0 Å². The summed E-state index contributed by atoms with van der Waals surface area (Å²) in [4.78, 5) is 26.7. The molecule has 0 saturated carbocycles. The Labute approximate surface area is 129 Å². The van der Waals surface area contributed by atoms with Gasteiger partial charge in [0.05, 0.1) is 0 Å². The second kappa shape index (κ2) is 6.47. The molecule has 22 heavy (non-hydrogen) atoms. The maximum atomic E-state index is 12.3. The van der Waals surface area contributed by atoms with Gasteiger partial charge in [-0.25, -0.2) is 4.79 Å². The Kier molecular flexibility index (Phi) is 4.65. The average molecular weight is 300 g/mol. The highest BCUT2D eigenvalue weighted by atomic mass is 16.4. The van der Waals surface area contributed by atoms with Crippen LogP contribution in [0.1, 0.15) is 37.2 Å². The Morgan fingerprint density at radius 3 is 2.45 bits per heavy atom. The van der Waals surface area contributed by atoms with Gasteiger partial charge in [-0.1, -0.05) is 43.7 Å². The number of aliphatic carboxylic acids is 1. The van der Waals surface area contributed by atoms with Crippen molar-refractivity contribution in [2.24, 2.45) is 0 Å². The number of carboxylic acid groups (broad SMARTS) is 1. The summed E-state index contributed by atoms with van der Waals surface area (Å²) in [5, 5.41) is 11.9. The average Bonchev–Trinajstić information content (AvgIpc) is 2.98. The van der Waals surface area contributed by atoms with E-state index in [0.29, 0.717) is 18.5 Å².